The van der Waals surface area contributed by atoms with Gasteiger partial charge in [0.15, 0.2) is 0 Å². The van der Waals surface area contributed by atoms with E-state index in [0.29, 0.717) is 37.6 Å². The average Bonchev–Trinajstić information content (AvgIpc) is 3.27. The summed E-state index contributed by atoms with van der Waals surface area (Å²) >= 11 is 6.14. The van der Waals surface area contributed by atoms with Gasteiger partial charge in [0, 0.05) is 93.6 Å². The molecule has 0 aliphatic carbocycles. The number of esters is 1. The van der Waals surface area contributed by atoms with Crippen LogP contribution >= 0.6 is 11.6 Å². The van der Waals surface area contributed by atoms with Gasteiger partial charge >= 0.3 is 5.97 Å². The molecule has 1 amide bonds. The Labute approximate surface area is 235 Å². The normalized spacial score (nSPS) is 16.6. The van der Waals surface area contributed by atoms with Crippen molar-refractivity contribution in [2.45, 2.75) is 46.4 Å². The smallest absolute Gasteiger partial charge is 0.303 e. The molecule has 9 heteroatoms. The Morgan fingerprint density at radius 1 is 0.974 bits per heavy atom. The lowest BCUT2D eigenvalue weighted by atomic mass is 10.0. The fourth-order valence-corrected chi connectivity index (χ4v) is 5.81. The van der Waals surface area contributed by atoms with Crippen molar-refractivity contribution < 1.29 is 14.3 Å². The second kappa shape index (κ2) is 11.8. The first-order valence-electron chi connectivity index (χ1n) is 13.6. The first-order chi connectivity index (χ1) is 18.8. The highest BCUT2D eigenvalue weighted by atomic mass is 35.5. The minimum atomic E-state index is -0.333. The minimum absolute atomic E-state index is 0.0538. The molecule has 1 atom stereocenters. The molecule has 2 aliphatic rings. The first-order valence-corrected chi connectivity index (χ1v) is 14.0. The Kier molecular flexibility index (Phi) is 8.23. The fourth-order valence-electron chi connectivity index (χ4n) is 5.69. The zero-order valence-electron chi connectivity index (χ0n) is 22.9. The Balaban J connectivity index is 1.34. The van der Waals surface area contributed by atoms with Crippen LogP contribution in [0.4, 0.5) is 5.69 Å². The molecular formula is C30H36ClN5O3. The van der Waals surface area contributed by atoms with Crippen LogP contribution in [0.2, 0.25) is 5.02 Å². The second-order valence-corrected chi connectivity index (χ2v) is 10.9. The molecule has 2 aromatic carbocycles. The number of para-hydroxylation sites is 1. The van der Waals surface area contributed by atoms with Crippen LogP contribution in [0.5, 0.6) is 0 Å². The monoisotopic (exact) mass is 549 g/mol. The van der Waals surface area contributed by atoms with E-state index >= 15 is 0 Å². The summed E-state index contributed by atoms with van der Waals surface area (Å²) in [5.41, 5.74) is 6.52. The van der Waals surface area contributed by atoms with Crippen molar-refractivity contribution in [2.24, 2.45) is 0 Å². The van der Waals surface area contributed by atoms with Gasteiger partial charge in [-0.2, -0.15) is 5.10 Å². The fraction of sp³-hybridized carbons (Fsp3) is 0.433. The quantitative estimate of drug-likeness (QED) is 0.412. The topological polar surface area (TPSA) is 70.9 Å². The van der Waals surface area contributed by atoms with E-state index in [4.69, 9.17) is 21.4 Å². The van der Waals surface area contributed by atoms with Crippen LogP contribution in [-0.2, 0) is 33.8 Å². The van der Waals surface area contributed by atoms with E-state index in [0.717, 1.165) is 48.7 Å². The molecule has 0 spiro atoms. The number of carbonyl (C=O) groups excluding carboxylic acids is 2. The lowest BCUT2D eigenvalue weighted by Gasteiger charge is -2.38. The zero-order chi connectivity index (χ0) is 27.5. The van der Waals surface area contributed by atoms with Crippen molar-refractivity contribution in [1.29, 1.82) is 0 Å². The van der Waals surface area contributed by atoms with Gasteiger partial charge in [0.25, 0.3) is 0 Å². The summed E-state index contributed by atoms with van der Waals surface area (Å²) in [4.78, 5) is 30.9. The van der Waals surface area contributed by atoms with Crippen molar-refractivity contribution in [2.75, 3.05) is 44.2 Å². The van der Waals surface area contributed by atoms with E-state index in [9.17, 15) is 9.59 Å². The van der Waals surface area contributed by atoms with E-state index in [1.807, 2.05) is 33.8 Å². The molecule has 1 aromatic heterocycles. The van der Waals surface area contributed by atoms with Crippen LogP contribution in [0.25, 0.3) is 11.3 Å². The predicted octanol–water partition coefficient (Wildman–Crippen LogP) is 4.17. The third kappa shape index (κ3) is 6.28. The maximum Gasteiger partial charge on any atom is 0.303 e. The van der Waals surface area contributed by atoms with Gasteiger partial charge in [-0.05, 0) is 30.7 Å². The molecule has 2 aliphatic heterocycles. The van der Waals surface area contributed by atoms with Gasteiger partial charge in [-0.15, -0.1) is 0 Å². The van der Waals surface area contributed by atoms with Gasteiger partial charge < -0.3 is 14.5 Å². The summed E-state index contributed by atoms with van der Waals surface area (Å²) in [6, 6.07) is 16.1. The number of ether oxygens (including phenoxy) is 1. The van der Waals surface area contributed by atoms with Crippen molar-refractivity contribution in [3.63, 3.8) is 0 Å². The van der Waals surface area contributed by atoms with E-state index < -0.39 is 0 Å². The molecule has 3 heterocycles. The number of halogens is 1. The molecule has 1 fully saturated rings. The molecule has 1 unspecified atom stereocenters. The summed E-state index contributed by atoms with van der Waals surface area (Å²) in [6.45, 7) is 11.1. The van der Waals surface area contributed by atoms with E-state index in [-0.39, 0.29) is 18.0 Å². The van der Waals surface area contributed by atoms with E-state index in [1.165, 1.54) is 18.2 Å². The number of nitrogens with zero attached hydrogens (tertiary/aromatic N) is 5. The summed E-state index contributed by atoms with van der Waals surface area (Å²) in [7, 11) is 0. The molecule has 8 nitrogen and oxygen atoms in total. The van der Waals surface area contributed by atoms with Crippen LogP contribution in [0.15, 0.2) is 48.5 Å². The molecule has 1 saturated heterocycles. The van der Waals surface area contributed by atoms with Gasteiger partial charge in [0.05, 0.1) is 12.2 Å². The molecule has 0 bridgehead atoms. The molecule has 206 valence electrons. The first kappa shape index (κ1) is 27.2. The van der Waals surface area contributed by atoms with Crippen molar-refractivity contribution in [3.05, 3.63) is 70.4 Å². The Hall–Kier alpha value is -3.36. The average molecular weight is 550 g/mol. The van der Waals surface area contributed by atoms with Crippen molar-refractivity contribution in [1.82, 2.24) is 19.6 Å². The third-order valence-electron chi connectivity index (χ3n) is 7.70. The summed E-state index contributed by atoms with van der Waals surface area (Å²) in [6.07, 6.45) is 0.373. The number of hydrogen-bond donors (Lipinski definition) is 0. The van der Waals surface area contributed by atoms with Crippen LogP contribution in [-0.4, -0.2) is 76.8 Å². The minimum Gasteiger partial charge on any atom is -0.459 e. The molecule has 3 aromatic rings. The molecule has 5 rings (SSSR count). The number of carbonyl (C=O) groups is 2. The van der Waals surface area contributed by atoms with Gasteiger partial charge in [0.2, 0.25) is 5.91 Å². The van der Waals surface area contributed by atoms with Crippen LogP contribution < -0.4 is 4.90 Å². The van der Waals surface area contributed by atoms with E-state index in [1.54, 1.807) is 6.92 Å². The van der Waals surface area contributed by atoms with Gasteiger partial charge in [0.1, 0.15) is 6.10 Å². The van der Waals surface area contributed by atoms with Crippen molar-refractivity contribution in [3.8, 4) is 11.3 Å². The number of fused-ring (bicyclic) bond motifs is 1. The number of hydrogen-bond acceptors (Lipinski definition) is 6. The predicted molar refractivity (Wildman–Crippen MR) is 153 cm³/mol. The number of anilines is 1. The maximum atomic E-state index is 12.2. The highest BCUT2D eigenvalue weighted by Gasteiger charge is 2.29. The van der Waals surface area contributed by atoms with Crippen molar-refractivity contribution >= 4 is 29.2 Å². The van der Waals surface area contributed by atoms with Gasteiger partial charge in [-0.25, -0.2) is 0 Å². The van der Waals surface area contributed by atoms with Crippen LogP contribution in [0.1, 0.15) is 30.7 Å². The SMILES string of the molecule is CC(=O)OC(CN1CCN(c2ccccc2C)CC1)Cn1nc(-c2ccc(Cl)cc2)c2c1CCN(C(C)=O)C2. The summed E-state index contributed by atoms with van der Waals surface area (Å²) in [5.74, 6) is -0.238. The van der Waals surface area contributed by atoms with Gasteiger partial charge in [-0.3, -0.25) is 19.2 Å². The summed E-state index contributed by atoms with van der Waals surface area (Å²) in [5, 5.41) is 5.67. The zero-order valence-corrected chi connectivity index (χ0v) is 23.7. The number of amides is 1. The standard InChI is InChI=1S/C30H36ClN5O3/c1-21-6-4-5-7-28(21)34-16-14-33(15-17-34)18-26(39-23(3)38)19-36-29-12-13-35(22(2)37)20-27(29)30(32-36)24-8-10-25(31)11-9-24/h4-11,26H,12-20H2,1-3H3. The Morgan fingerprint density at radius 2 is 1.69 bits per heavy atom. The molecule has 0 radical (unpaired) electrons. The van der Waals surface area contributed by atoms with Crippen LogP contribution in [0, 0.1) is 6.92 Å². The highest BCUT2D eigenvalue weighted by Crippen LogP contribution is 2.31. The lowest BCUT2D eigenvalue weighted by molar-refractivity contribution is -0.148. The number of benzene rings is 2. The lowest BCUT2D eigenvalue weighted by Crippen LogP contribution is -2.50. The van der Waals surface area contributed by atoms with Crippen LogP contribution in [0.3, 0.4) is 0 Å². The Bertz CT molecular complexity index is 1330. The number of aromatic nitrogens is 2. The highest BCUT2D eigenvalue weighted by molar-refractivity contribution is 6.30. The largest absolute Gasteiger partial charge is 0.459 e. The number of piperazine rings is 1. The molecule has 0 saturated carbocycles. The number of aryl methyl sites for hydroxylation is 1. The third-order valence-corrected chi connectivity index (χ3v) is 7.95. The summed E-state index contributed by atoms with van der Waals surface area (Å²) < 4.78 is 7.83. The molecule has 39 heavy (non-hydrogen) atoms. The van der Waals surface area contributed by atoms with E-state index in [2.05, 4.69) is 41.0 Å². The maximum absolute atomic E-state index is 12.2. The number of rotatable bonds is 7. The second-order valence-electron chi connectivity index (χ2n) is 10.5. The van der Waals surface area contributed by atoms with Gasteiger partial charge in [-0.1, -0.05) is 41.9 Å². The Morgan fingerprint density at radius 3 is 2.36 bits per heavy atom. The molecular weight excluding hydrogens is 514 g/mol. The molecule has 0 N–H and O–H groups in total.